The van der Waals surface area contributed by atoms with E-state index >= 15 is 0 Å². The molecule has 3 aromatic heterocycles. The van der Waals surface area contributed by atoms with Crippen LogP contribution in [-0.4, -0.2) is 42.5 Å². The molecule has 0 radical (unpaired) electrons. The average molecular weight is 602 g/mol. The maximum atomic E-state index is 14.0. The molecule has 0 aliphatic carbocycles. The van der Waals surface area contributed by atoms with Crippen molar-refractivity contribution in [2.24, 2.45) is 0 Å². The summed E-state index contributed by atoms with van der Waals surface area (Å²) in [5, 5.41) is 13.4. The Morgan fingerprint density at radius 2 is 1.76 bits per heavy atom. The number of carbonyl (C=O) groups excluding carboxylic acids is 1. The van der Waals surface area contributed by atoms with E-state index in [1.54, 1.807) is 15.9 Å². The highest BCUT2D eigenvalue weighted by atomic mass is 32.2. The van der Waals surface area contributed by atoms with Gasteiger partial charge in [-0.2, -0.15) is 0 Å². The van der Waals surface area contributed by atoms with Crippen LogP contribution in [-0.2, 0) is 41.9 Å². The zero-order chi connectivity index (χ0) is 29.3. The molecule has 6 rings (SSSR count). The molecular formula is C32H35N5O3S2. The Bertz CT molecular complexity index is 1780. The molecule has 8 nitrogen and oxygen atoms in total. The van der Waals surface area contributed by atoms with Gasteiger partial charge in [-0.15, -0.1) is 21.5 Å². The molecule has 1 N–H and O–H groups in total. The van der Waals surface area contributed by atoms with E-state index in [9.17, 15) is 9.59 Å². The average Bonchev–Trinajstić information content (AvgIpc) is 3.57. The Morgan fingerprint density at radius 3 is 2.48 bits per heavy atom. The normalized spacial score (nSPS) is 15.1. The summed E-state index contributed by atoms with van der Waals surface area (Å²) in [4.78, 5) is 28.8. The second kappa shape index (κ2) is 12.0. The number of fused-ring (bicyclic) bond motifs is 5. The van der Waals surface area contributed by atoms with Gasteiger partial charge < -0.3 is 10.1 Å². The summed E-state index contributed by atoms with van der Waals surface area (Å²) < 4.78 is 9.80. The van der Waals surface area contributed by atoms with Crippen LogP contribution in [0.4, 0.5) is 0 Å². The Labute approximate surface area is 253 Å². The fourth-order valence-corrected chi connectivity index (χ4v) is 7.51. The summed E-state index contributed by atoms with van der Waals surface area (Å²) in [6, 6.07) is 20.5. The minimum Gasteiger partial charge on any atom is -0.370 e. The summed E-state index contributed by atoms with van der Waals surface area (Å²) >= 11 is 2.91. The van der Waals surface area contributed by atoms with Gasteiger partial charge in [0.1, 0.15) is 4.83 Å². The topological polar surface area (TPSA) is 90.5 Å². The van der Waals surface area contributed by atoms with Crippen LogP contribution in [0.25, 0.3) is 16.0 Å². The van der Waals surface area contributed by atoms with E-state index in [1.807, 2.05) is 47.7 Å². The Morgan fingerprint density at radius 1 is 1.07 bits per heavy atom. The molecule has 1 amide bonds. The molecule has 5 aromatic rings. The smallest absolute Gasteiger partial charge is 0.263 e. The van der Waals surface area contributed by atoms with Crippen LogP contribution in [0.2, 0.25) is 0 Å². The highest BCUT2D eigenvalue weighted by Crippen LogP contribution is 2.38. The van der Waals surface area contributed by atoms with E-state index in [0.717, 1.165) is 33.7 Å². The lowest BCUT2D eigenvalue weighted by Crippen LogP contribution is -2.34. The minimum atomic E-state index is -0.350. The van der Waals surface area contributed by atoms with Crippen LogP contribution in [0.15, 0.2) is 70.6 Å². The molecule has 1 aliphatic heterocycles. The third-order valence-corrected chi connectivity index (χ3v) is 9.82. The molecule has 10 heteroatoms. The number of aryl methyl sites for hydroxylation is 3. The SMILES string of the molecule is C[C@H](CCc1ccccc1)NC(=O)CSc1nnc2n(CCc3ccccc3)c(=O)c3c4c(sc3n12)COC(C)(C)C4. The van der Waals surface area contributed by atoms with Crippen molar-refractivity contribution >= 4 is 45.0 Å². The van der Waals surface area contributed by atoms with E-state index in [0.29, 0.717) is 42.3 Å². The largest absolute Gasteiger partial charge is 0.370 e. The molecule has 1 atom stereocenters. The minimum absolute atomic E-state index is 0.0439. The third kappa shape index (κ3) is 6.02. The first-order valence-electron chi connectivity index (χ1n) is 14.4. The number of aromatic nitrogens is 4. The van der Waals surface area contributed by atoms with Gasteiger partial charge in [-0.3, -0.25) is 14.2 Å². The number of rotatable bonds is 10. The maximum Gasteiger partial charge on any atom is 0.263 e. The van der Waals surface area contributed by atoms with E-state index in [2.05, 4.69) is 53.6 Å². The van der Waals surface area contributed by atoms with Crippen molar-refractivity contribution in [3.63, 3.8) is 0 Å². The predicted molar refractivity (Wildman–Crippen MR) is 168 cm³/mol. The molecule has 0 unspecified atom stereocenters. The summed E-state index contributed by atoms with van der Waals surface area (Å²) in [7, 11) is 0. The van der Waals surface area contributed by atoms with Gasteiger partial charge in [0.05, 0.1) is 23.3 Å². The van der Waals surface area contributed by atoms with Crippen molar-refractivity contribution < 1.29 is 9.53 Å². The van der Waals surface area contributed by atoms with Crippen LogP contribution in [0.1, 0.15) is 48.8 Å². The standard InChI is InChI=1S/C32H35N5O3S2/c1-21(14-15-22-10-6-4-7-11-22)33-26(38)20-41-31-35-34-30-36(17-16-23-12-8-5-9-13-23)28(39)27-24-18-32(2,3)40-19-25(24)42-29(27)37(30)31/h4-13,21H,14-20H2,1-3H3,(H,33,38)/t21-/m1/s1. The number of nitrogens with one attached hydrogen (secondary N) is 1. The molecule has 0 saturated heterocycles. The Hall–Kier alpha value is -3.47. The van der Waals surface area contributed by atoms with E-state index in [4.69, 9.17) is 4.74 Å². The highest BCUT2D eigenvalue weighted by Gasteiger charge is 2.32. The first-order chi connectivity index (χ1) is 20.3. The second-order valence-corrected chi connectivity index (χ2v) is 13.5. The number of ether oxygens (including phenoxy) is 1. The van der Waals surface area contributed by atoms with Crippen LogP contribution in [0.5, 0.6) is 0 Å². The van der Waals surface area contributed by atoms with Gasteiger partial charge in [-0.05, 0) is 56.7 Å². The monoisotopic (exact) mass is 601 g/mol. The molecule has 2 aromatic carbocycles. The van der Waals surface area contributed by atoms with E-state index in [-0.39, 0.29) is 28.9 Å². The fraction of sp³-hybridized carbons (Fsp3) is 0.375. The van der Waals surface area contributed by atoms with Crippen molar-refractivity contribution in [1.29, 1.82) is 0 Å². The van der Waals surface area contributed by atoms with Crippen molar-refractivity contribution in [2.45, 2.75) is 76.4 Å². The van der Waals surface area contributed by atoms with Gasteiger partial charge in [0, 0.05) is 23.9 Å². The fourth-order valence-electron chi connectivity index (χ4n) is 5.48. The molecule has 0 spiro atoms. The number of thiophene rings is 1. The number of carbonyl (C=O) groups is 1. The zero-order valence-electron chi connectivity index (χ0n) is 24.1. The highest BCUT2D eigenvalue weighted by molar-refractivity contribution is 7.99. The van der Waals surface area contributed by atoms with Crippen LogP contribution >= 0.6 is 23.1 Å². The van der Waals surface area contributed by atoms with Crippen molar-refractivity contribution in [2.75, 3.05) is 5.75 Å². The lowest BCUT2D eigenvalue weighted by Gasteiger charge is -2.29. The number of hydrogen-bond donors (Lipinski definition) is 1. The van der Waals surface area contributed by atoms with Gasteiger partial charge in [0.15, 0.2) is 5.16 Å². The molecule has 4 heterocycles. The van der Waals surface area contributed by atoms with Gasteiger partial charge >= 0.3 is 0 Å². The molecule has 0 fully saturated rings. The van der Waals surface area contributed by atoms with E-state index in [1.165, 1.54) is 17.3 Å². The number of benzene rings is 2. The second-order valence-electron chi connectivity index (χ2n) is 11.5. The molecular weight excluding hydrogens is 567 g/mol. The third-order valence-electron chi connectivity index (χ3n) is 7.70. The number of hydrogen-bond acceptors (Lipinski definition) is 7. The summed E-state index contributed by atoms with van der Waals surface area (Å²) in [5.41, 5.74) is 3.07. The van der Waals surface area contributed by atoms with Crippen LogP contribution in [0, 0.1) is 0 Å². The lowest BCUT2D eigenvalue weighted by atomic mass is 9.94. The van der Waals surface area contributed by atoms with Gasteiger partial charge in [-0.1, -0.05) is 72.4 Å². The first-order valence-corrected chi connectivity index (χ1v) is 16.2. The molecule has 42 heavy (non-hydrogen) atoms. The summed E-state index contributed by atoms with van der Waals surface area (Å²) in [5.74, 6) is 0.662. The zero-order valence-corrected chi connectivity index (χ0v) is 25.8. The summed E-state index contributed by atoms with van der Waals surface area (Å²) in [6.07, 6.45) is 3.13. The van der Waals surface area contributed by atoms with Crippen molar-refractivity contribution in [1.82, 2.24) is 24.5 Å². The quantitative estimate of drug-likeness (QED) is 0.215. The predicted octanol–water partition coefficient (Wildman–Crippen LogP) is 5.43. The van der Waals surface area contributed by atoms with Crippen LogP contribution in [0.3, 0.4) is 0 Å². The molecule has 0 saturated carbocycles. The van der Waals surface area contributed by atoms with Gasteiger partial charge in [-0.25, -0.2) is 4.40 Å². The first kappa shape index (κ1) is 28.6. The lowest BCUT2D eigenvalue weighted by molar-refractivity contribution is -0.119. The van der Waals surface area contributed by atoms with E-state index < -0.39 is 0 Å². The van der Waals surface area contributed by atoms with Crippen molar-refractivity contribution in [3.8, 4) is 0 Å². The van der Waals surface area contributed by atoms with Crippen molar-refractivity contribution in [3.05, 3.63) is 92.6 Å². The Balaban J connectivity index is 1.28. The molecule has 0 bridgehead atoms. The number of amides is 1. The number of nitrogens with zero attached hydrogens (tertiary/aromatic N) is 4. The summed E-state index contributed by atoms with van der Waals surface area (Å²) in [6.45, 7) is 7.11. The number of thioether (sulfide) groups is 1. The van der Waals surface area contributed by atoms with Gasteiger partial charge in [0.2, 0.25) is 11.7 Å². The maximum absolute atomic E-state index is 14.0. The molecule has 1 aliphatic rings. The molecule has 218 valence electrons. The van der Waals surface area contributed by atoms with Gasteiger partial charge in [0.25, 0.3) is 5.56 Å². The van der Waals surface area contributed by atoms with Crippen LogP contribution < -0.4 is 10.9 Å². The Kier molecular flexibility index (Phi) is 8.20.